The molecule has 5 nitrogen and oxygen atoms in total. The van der Waals surface area contributed by atoms with Gasteiger partial charge in [-0.25, -0.2) is 0 Å². The molecule has 1 unspecified atom stereocenters. The van der Waals surface area contributed by atoms with E-state index in [4.69, 9.17) is 16.3 Å². The van der Waals surface area contributed by atoms with Gasteiger partial charge in [0.1, 0.15) is 12.4 Å². The third-order valence-electron chi connectivity index (χ3n) is 4.98. The zero-order chi connectivity index (χ0) is 21.3. The molecule has 7 heteroatoms. The van der Waals surface area contributed by atoms with E-state index in [1.807, 2.05) is 24.3 Å². The smallest absolute Gasteiger partial charge is 0.251 e. The number of hydrogen-bond donors (Lipinski definition) is 3. The van der Waals surface area contributed by atoms with Gasteiger partial charge >= 0.3 is 0 Å². The normalized spacial score (nSPS) is 15.7. The van der Waals surface area contributed by atoms with Gasteiger partial charge in [0, 0.05) is 28.1 Å². The molecule has 0 bridgehead atoms. The lowest BCUT2D eigenvalue weighted by atomic mass is 10.1. The Kier molecular flexibility index (Phi) is 8.75. The van der Waals surface area contributed by atoms with Crippen molar-refractivity contribution in [1.29, 1.82) is 0 Å². The Bertz CT molecular complexity index is 885. The lowest BCUT2D eigenvalue weighted by Crippen LogP contribution is -2.25. The highest BCUT2D eigenvalue weighted by Crippen LogP contribution is 2.22. The van der Waals surface area contributed by atoms with E-state index in [1.54, 1.807) is 18.2 Å². The minimum Gasteiger partial charge on any atom is -0.490 e. The predicted molar refractivity (Wildman–Crippen MR) is 125 cm³/mol. The Hall–Kier alpha value is -1.86. The maximum absolute atomic E-state index is 12.8. The van der Waals surface area contributed by atoms with E-state index in [1.165, 1.54) is 6.42 Å². The van der Waals surface area contributed by atoms with Gasteiger partial charge in [-0.05, 0) is 73.4 Å². The van der Waals surface area contributed by atoms with Crippen molar-refractivity contribution in [2.24, 2.45) is 5.92 Å². The third kappa shape index (κ3) is 6.84. The van der Waals surface area contributed by atoms with Crippen LogP contribution in [0.1, 0.15) is 27.9 Å². The molecular weight excluding hydrogens is 466 g/mol. The second-order valence-electron chi connectivity index (χ2n) is 7.37. The van der Waals surface area contributed by atoms with E-state index in [0.717, 1.165) is 35.2 Å². The van der Waals surface area contributed by atoms with Crippen LogP contribution in [-0.4, -0.2) is 32.1 Å². The SMILES string of the molecule is C=CCOc1cc(CNCC2CCNC2)cc(C(=O)NCc2ccc(Cl)cc2Br)c1. The molecular formula is C23H27BrClN3O2. The molecule has 3 rings (SSSR count). The zero-order valence-corrected chi connectivity index (χ0v) is 19.2. The molecule has 1 aliphatic heterocycles. The maximum atomic E-state index is 12.8. The highest BCUT2D eigenvalue weighted by molar-refractivity contribution is 9.10. The van der Waals surface area contributed by atoms with Gasteiger partial charge in [-0.1, -0.05) is 46.3 Å². The Balaban J connectivity index is 1.65. The molecule has 160 valence electrons. The summed E-state index contributed by atoms with van der Waals surface area (Å²) in [5.74, 6) is 1.17. The van der Waals surface area contributed by atoms with Gasteiger partial charge in [0.15, 0.2) is 0 Å². The van der Waals surface area contributed by atoms with Crippen molar-refractivity contribution in [2.45, 2.75) is 19.5 Å². The van der Waals surface area contributed by atoms with Crippen LogP contribution >= 0.6 is 27.5 Å². The van der Waals surface area contributed by atoms with Crippen molar-refractivity contribution in [3.8, 4) is 5.75 Å². The van der Waals surface area contributed by atoms with Crippen molar-refractivity contribution in [3.63, 3.8) is 0 Å². The van der Waals surface area contributed by atoms with Crippen LogP contribution in [-0.2, 0) is 13.1 Å². The summed E-state index contributed by atoms with van der Waals surface area (Å²) in [7, 11) is 0. The highest BCUT2D eigenvalue weighted by atomic mass is 79.9. The van der Waals surface area contributed by atoms with Gasteiger partial charge in [-0.15, -0.1) is 0 Å². The van der Waals surface area contributed by atoms with Gasteiger partial charge in [-0.3, -0.25) is 4.79 Å². The first kappa shape index (κ1) is 22.8. The lowest BCUT2D eigenvalue weighted by Gasteiger charge is -2.13. The summed E-state index contributed by atoms with van der Waals surface area (Å²) in [4.78, 5) is 12.8. The number of amides is 1. The van der Waals surface area contributed by atoms with Crippen LogP contribution < -0.4 is 20.7 Å². The highest BCUT2D eigenvalue weighted by Gasteiger charge is 2.14. The number of rotatable bonds is 10. The van der Waals surface area contributed by atoms with Crippen LogP contribution in [0.25, 0.3) is 0 Å². The zero-order valence-electron chi connectivity index (χ0n) is 16.8. The average Bonchev–Trinajstić information content (AvgIpc) is 3.25. The minimum atomic E-state index is -0.151. The molecule has 0 spiro atoms. The van der Waals surface area contributed by atoms with E-state index in [9.17, 15) is 4.79 Å². The fraction of sp³-hybridized carbons (Fsp3) is 0.348. The number of carbonyl (C=O) groups is 1. The van der Waals surface area contributed by atoms with E-state index in [0.29, 0.717) is 41.9 Å². The summed E-state index contributed by atoms with van der Waals surface area (Å²) >= 11 is 9.47. The number of halogens is 2. The molecule has 3 N–H and O–H groups in total. The number of benzene rings is 2. The Morgan fingerprint density at radius 2 is 2.17 bits per heavy atom. The molecule has 1 atom stereocenters. The molecule has 0 saturated carbocycles. The van der Waals surface area contributed by atoms with Crippen LogP contribution in [0.15, 0.2) is 53.5 Å². The quantitative estimate of drug-likeness (QED) is 0.433. The third-order valence-corrected chi connectivity index (χ3v) is 5.95. The molecule has 2 aromatic carbocycles. The lowest BCUT2D eigenvalue weighted by molar-refractivity contribution is 0.0950. The predicted octanol–water partition coefficient (Wildman–Crippen LogP) is 4.30. The Morgan fingerprint density at radius 3 is 2.90 bits per heavy atom. The van der Waals surface area contributed by atoms with Gasteiger partial charge < -0.3 is 20.7 Å². The van der Waals surface area contributed by atoms with Crippen molar-refractivity contribution in [2.75, 3.05) is 26.2 Å². The number of nitrogens with one attached hydrogen (secondary N) is 3. The summed E-state index contributed by atoms with van der Waals surface area (Å²) in [5, 5.41) is 10.5. The molecule has 2 aromatic rings. The van der Waals surface area contributed by atoms with E-state index in [2.05, 4.69) is 38.5 Å². The number of hydrogen-bond acceptors (Lipinski definition) is 4. The van der Waals surface area contributed by atoms with Crippen LogP contribution in [0.2, 0.25) is 5.02 Å². The largest absolute Gasteiger partial charge is 0.490 e. The fourth-order valence-corrected chi connectivity index (χ4v) is 4.21. The summed E-state index contributed by atoms with van der Waals surface area (Å²) < 4.78 is 6.57. The molecule has 1 amide bonds. The number of ether oxygens (including phenoxy) is 1. The van der Waals surface area contributed by atoms with E-state index >= 15 is 0 Å². The fourth-order valence-electron chi connectivity index (χ4n) is 3.38. The molecule has 0 radical (unpaired) electrons. The van der Waals surface area contributed by atoms with Crippen LogP contribution in [0.3, 0.4) is 0 Å². The van der Waals surface area contributed by atoms with Crippen molar-refractivity contribution in [1.82, 2.24) is 16.0 Å². The van der Waals surface area contributed by atoms with Crippen LogP contribution in [0.4, 0.5) is 0 Å². The molecule has 1 heterocycles. The van der Waals surface area contributed by atoms with Gasteiger partial charge in [0.25, 0.3) is 5.91 Å². The first-order valence-electron chi connectivity index (χ1n) is 10.1. The second-order valence-corrected chi connectivity index (χ2v) is 8.66. The van der Waals surface area contributed by atoms with E-state index < -0.39 is 0 Å². The molecule has 1 fully saturated rings. The van der Waals surface area contributed by atoms with Gasteiger partial charge in [0.2, 0.25) is 0 Å². The van der Waals surface area contributed by atoms with Crippen molar-refractivity contribution in [3.05, 3.63) is 75.2 Å². The molecule has 0 aromatic heterocycles. The summed E-state index contributed by atoms with van der Waals surface area (Å²) in [6.07, 6.45) is 2.89. The maximum Gasteiger partial charge on any atom is 0.251 e. The molecule has 30 heavy (non-hydrogen) atoms. The first-order chi connectivity index (χ1) is 14.5. The summed E-state index contributed by atoms with van der Waals surface area (Å²) in [6, 6.07) is 11.2. The number of carbonyl (C=O) groups excluding carboxylic acids is 1. The average molecular weight is 493 g/mol. The summed E-state index contributed by atoms with van der Waals surface area (Å²) in [5.41, 5.74) is 2.54. The second kappa shape index (κ2) is 11.5. The Labute approximate surface area is 191 Å². The molecule has 1 aliphatic rings. The van der Waals surface area contributed by atoms with E-state index in [-0.39, 0.29) is 5.91 Å². The monoisotopic (exact) mass is 491 g/mol. The van der Waals surface area contributed by atoms with Crippen LogP contribution in [0, 0.1) is 5.92 Å². The minimum absolute atomic E-state index is 0.151. The van der Waals surface area contributed by atoms with Gasteiger partial charge in [-0.2, -0.15) is 0 Å². The van der Waals surface area contributed by atoms with Crippen LogP contribution in [0.5, 0.6) is 5.75 Å². The van der Waals surface area contributed by atoms with Crippen molar-refractivity contribution < 1.29 is 9.53 Å². The topological polar surface area (TPSA) is 62.4 Å². The Morgan fingerprint density at radius 1 is 1.30 bits per heavy atom. The molecule has 0 aliphatic carbocycles. The van der Waals surface area contributed by atoms with Gasteiger partial charge in [0.05, 0.1) is 0 Å². The molecule has 1 saturated heterocycles. The summed E-state index contributed by atoms with van der Waals surface area (Å²) in [6.45, 7) is 8.27. The standard InChI is InChI=1S/C23H27BrClN3O2/c1-2-7-30-21-9-17(14-27-13-16-5-6-26-12-16)8-19(10-21)23(29)28-15-18-3-4-20(25)11-22(18)24/h2-4,8-11,16,26-27H,1,5-7,12-15H2,(H,28,29). The van der Waals surface area contributed by atoms with Crippen molar-refractivity contribution >= 4 is 33.4 Å². The first-order valence-corrected chi connectivity index (χ1v) is 11.2.